The van der Waals surface area contributed by atoms with Gasteiger partial charge in [0.05, 0.1) is 5.56 Å². The zero-order valence-corrected chi connectivity index (χ0v) is 13.3. The lowest BCUT2D eigenvalue weighted by atomic mass is 10.2. The summed E-state index contributed by atoms with van der Waals surface area (Å²) in [6, 6.07) is 7.61. The minimum Gasteiger partial charge on any atom is -0.385 e. The van der Waals surface area contributed by atoms with Gasteiger partial charge in [0.1, 0.15) is 5.69 Å². The summed E-state index contributed by atoms with van der Waals surface area (Å²) in [4.78, 5) is 16.2. The molecule has 7 heteroatoms. The van der Waals surface area contributed by atoms with Gasteiger partial charge in [-0.1, -0.05) is 13.8 Å². The number of hydrogen-bond acceptors (Lipinski definition) is 3. The van der Waals surface area contributed by atoms with Crippen LogP contribution in [0, 0.1) is 5.92 Å². The zero-order chi connectivity index (χ0) is 17.7. The van der Waals surface area contributed by atoms with Gasteiger partial charge in [-0.2, -0.15) is 13.2 Å². The van der Waals surface area contributed by atoms with Crippen molar-refractivity contribution in [2.75, 3.05) is 17.2 Å². The number of pyridine rings is 1. The highest BCUT2D eigenvalue weighted by molar-refractivity contribution is 6.03. The summed E-state index contributed by atoms with van der Waals surface area (Å²) in [5.74, 6) is -0.0365. The summed E-state index contributed by atoms with van der Waals surface area (Å²) in [6.45, 7) is 4.88. The number of halogens is 3. The number of benzene rings is 1. The Balaban J connectivity index is 2.05. The van der Waals surface area contributed by atoms with E-state index in [2.05, 4.69) is 29.5 Å². The second-order valence-electron chi connectivity index (χ2n) is 5.73. The molecule has 1 heterocycles. The van der Waals surface area contributed by atoms with Gasteiger partial charge in [0.25, 0.3) is 5.91 Å². The highest BCUT2D eigenvalue weighted by atomic mass is 19.4. The molecule has 0 atom stereocenters. The highest BCUT2D eigenvalue weighted by Crippen LogP contribution is 2.29. The van der Waals surface area contributed by atoms with Crippen LogP contribution in [-0.4, -0.2) is 17.4 Å². The number of rotatable bonds is 5. The number of anilines is 2. The molecular formula is C17H18F3N3O. The van der Waals surface area contributed by atoms with Gasteiger partial charge in [-0.3, -0.25) is 9.78 Å². The lowest BCUT2D eigenvalue weighted by molar-refractivity contribution is -0.137. The summed E-state index contributed by atoms with van der Waals surface area (Å²) in [5, 5.41) is 5.71. The van der Waals surface area contributed by atoms with E-state index in [4.69, 9.17) is 0 Å². The summed E-state index contributed by atoms with van der Waals surface area (Å²) >= 11 is 0. The van der Waals surface area contributed by atoms with Crippen molar-refractivity contribution in [1.29, 1.82) is 0 Å². The number of nitrogens with zero attached hydrogens (tertiary/aromatic N) is 1. The molecule has 1 amide bonds. The maximum atomic E-state index is 12.5. The summed E-state index contributed by atoms with van der Waals surface area (Å²) in [6.07, 6.45) is -2.90. The van der Waals surface area contributed by atoms with Crippen molar-refractivity contribution in [2.24, 2.45) is 5.92 Å². The van der Waals surface area contributed by atoms with Crippen LogP contribution < -0.4 is 10.6 Å². The first-order valence-corrected chi connectivity index (χ1v) is 7.44. The van der Waals surface area contributed by atoms with Crippen molar-refractivity contribution in [1.82, 2.24) is 4.98 Å². The molecule has 0 fully saturated rings. The topological polar surface area (TPSA) is 54.0 Å². The molecular weight excluding hydrogens is 319 g/mol. The average molecular weight is 337 g/mol. The third-order valence-corrected chi connectivity index (χ3v) is 3.18. The zero-order valence-electron chi connectivity index (χ0n) is 13.3. The Morgan fingerprint density at radius 1 is 1.12 bits per heavy atom. The summed E-state index contributed by atoms with van der Waals surface area (Å²) in [5.41, 5.74) is 0.453. The second kappa shape index (κ2) is 7.33. The van der Waals surface area contributed by atoms with Crippen molar-refractivity contribution in [3.8, 4) is 0 Å². The van der Waals surface area contributed by atoms with Gasteiger partial charge in [0.15, 0.2) is 0 Å². The van der Waals surface area contributed by atoms with E-state index in [1.54, 1.807) is 12.1 Å². The monoisotopic (exact) mass is 337 g/mol. The molecule has 0 aliphatic heterocycles. The smallest absolute Gasteiger partial charge is 0.385 e. The maximum Gasteiger partial charge on any atom is 0.416 e. The van der Waals surface area contributed by atoms with Crippen molar-refractivity contribution in [3.63, 3.8) is 0 Å². The van der Waals surface area contributed by atoms with Gasteiger partial charge in [0.2, 0.25) is 0 Å². The molecule has 0 bridgehead atoms. The van der Waals surface area contributed by atoms with Crippen LogP contribution in [0.4, 0.5) is 24.5 Å². The van der Waals surface area contributed by atoms with Crippen molar-refractivity contribution in [3.05, 3.63) is 53.9 Å². The van der Waals surface area contributed by atoms with Crippen molar-refractivity contribution in [2.45, 2.75) is 20.0 Å². The molecule has 2 N–H and O–H groups in total. The molecule has 0 saturated carbocycles. The number of alkyl halides is 3. The lowest BCUT2D eigenvalue weighted by Gasteiger charge is -2.11. The number of nitrogens with one attached hydrogen (secondary N) is 2. The first-order chi connectivity index (χ1) is 11.3. The minimum absolute atomic E-state index is 0.184. The van der Waals surface area contributed by atoms with Crippen LogP contribution in [0.2, 0.25) is 0 Å². The van der Waals surface area contributed by atoms with E-state index in [1.807, 2.05) is 0 Å². The third-order valence-electron chi connectivity index (χ3n) is 3.18. The Morgan fingerprint density at radius 2 is 1.79 bits per heavy atom. The maximum absolute atomic E-state index is 12.5. The summed E-state index contributed by atoms with van der Waals surface area (Å²) < 4.78 is 37.5. The molecule has 0 aliphatic rings. The number of amides is 1. The quantitative estimate of drug-likeness (QED) is 0.849. The molecule has 0 spiro atoms. The van der Waals surface area contributed by atoms with Crippen LogP contribution in [0.25, 0.3) is 0 Å². The van der Waals surface area contributed by atoms with Crippen LogP contribution in [0.15, 0.2) is 42.6 Å². The van der Waals surface area contributed by atoms with Crippen molar-refractivity contribution < 1.29 is 18.0 Å². The molecule has 2 rings (SSSR count). The van der Waals surface area contributed by atoms with Gasteiger partial charge >= 0.3 is 6.18 Å². The largest absolute Gasteiger partial charge is 0.416 e. The van der Waals surface area contributed by atoms with Gasteiger partial charge in [-0.25, -0.2) is 0 Å². The fourth-order valence-electron chi connectivity index (χ4n) is 1.92. The Morgan fingerprint density at radius 3 is 2.38 bits per heavy atom. The number of carbonyl (C=O) groups excluding carboxylic acids is 1. The predicted molar refractivity (Wildman–Crippen MR) is 87.0 cm³/mol. The molecule has 1 aromatic carbocycles. The molecule has 128 valence electrons. The Bertz CT molecular complexity index is 697. The fraction of sp³-hybridized carbons (Fsp3) is 0.294. The van der Waals surface area contributed by atoms with Crippen LogP contribution >= 0.6 is 0 Å². The highest BCUT2D eigenvalue weighted by Gasteiger charge is 2.30. The van der Waals surface area contributed by atoms with E-state index >= 15 is 0 Å². The van der Waals surface area contributed by atoms with Gasteiger partial charge in [0, 0.05) is 24.1 Å². The van der Waals surface area contributed by atoms with Gasteiger partial charge in [-0.15, -0.1) is 0 Å². The van der Waals surface area contributed by atoms with Gasteiger partial charge in [-0.05, 0) is 42.3 Å². The number of hydrogen-bond donors (Lipinski definition) is 2. The molecule has 2 aromatic rings. The van der Waals surface area contributed by atoms with Crippen LogP contribution in [0.1, 0.15) is 29.9 Å². The van der Waals surface area contributed by atoms with E-state index in [-0.39, 0.29) is 11.4 Å². The van der Waals surface area contributed by atoms with Crippen molar-refractivity contribution >= 4 is 17.3 Å². The standard InChI is InChI=1S/C17H18F3N3O/c1-11(2)10-22-14-7-8-21-15(9-14)16(24)23-13-5-3-12(4-6-13)17(18,19)20/h3-9,11H,10H2,1-2H3,(H,21,22)(H,23,24). The molecule has 0 aliphatic carbocycles. The number of aromatic nitrogens is 1. The molecule has 0 unspecified atom stereocenters. The van der Waals surface area contributed by atoms with Gasteiger partial charge < -0.3 is 10.6 Å². The van der Waals surface area contributed by atoms with Crippen LogP contribution in [0.3, 0.4) is 0 Å². The minimum atomic E-state index is -4.40. The third kappa shape index (κ3) is 4.97. The fourth-order valence-corrected chi connectivity index (χ4v) is 1.92. The van der Waals surface area contributed by atoms with Crippen LogP contribution in [-0.2, 0) is 6.18 Å². The first-order valence-electron chi connectivity index (χ1n) is 7.44. The Hall–Kier alpha value is -2.57. The number of carbonyl (C=O) groups is 1. The average Bonchev–Trinajstić information content (AvgIpc) is 2.53. The molecule has 24 heavy (non-hydrogen) atoms. The normalized spacial score (nSPS) is 11.4. The van der Waals surface area contributed by atoms with E-state index in [1.165, 1.54) is 18.3 Å². The molecule has 0 radical (unpaired) electrons. The van der Waals surface area contributed by atoms with E-state index in [0.29, 0.717) is 5.92 Å². The molecule has 1 aromatic heterocycles. The molecule has 4 nitrogen and oxygen atoms in total. The Kier molecular flexibility index (Phi) is 5.43. The van der Waals surface area contributed by atoms with E-state index in [9.17, 15) is 18.0 Å². The van der Waals surface area contributed by atoms with Crippen LogP contribution in [0.5, 0.6) is 0 Å². The SMILES string of the molecule is CC(C)CNc1ccnc(C(=O)Nc2ccc(C(F)(F)F)cc2)c1. The second-order valence-corrected chi connectivity index (χ2v) is 5.73. The van der Waals surface area contributed by atoms with E-state index in [0.717, 1.165) is 24.4 Å². The lowest BCUT2D eigenvalue weighted by Crippen LogP contribution is -2.15. The first kappa shape index (κ1) is 17.8. The van der Waals surface area contributed by atoms with E-state index < -0.39 is 17.6 Å². The predicted octanol–water partition coefficient (Wildman–Crippen LogP) is 4.42. The molecule has 0 saturated heterocycles. The Labute approximate surface area is 138 Å². The summed E-state index contributed by atoms with van der Waals surface area (Å²) in [7, 11) is 0.